The molecule has 1 heterocycles. The van der Waals surface area contributed by atoms with Crippen LogP contribution in [0.2, 0.25) is 0 Å². The molecule has 1 aliphatic rings. The molecule has 19 heavy (non-hydrogen) atoms. The standard InChI is InChI=1S/C15H21N3S/c16-12-15(14-4-2-1-3-5-14)13-17-6-7-18-8-10-19-11-9-18/h1-5,15,17H,6-11,13H2. The lowest BCUT2D eigenvalue weighted by Crippen LogP contribution is -2.38. The van der Waals surface area contributed by atoms with Gasteiger partial charge in [-0.2, -0.15) is 17.0 Å². The van der Waals surface area contributed by atoms with E-state index >= 15 is 0 Å². The Morgan fingerprint density at radius 3 is 2.68 bits per heavy atom. The van der Waals surface area contributed by atoms with Crippen LogP contribution in [0.4, 0.5) is 0 Å². The largest absolute Gasteiger partial charge is 0.314 e. The van der Waals surface area contributed by atoms with E-state index in [1.54, 1.807) is 0 Å². The summed E-state index contributed by atoms with van der Waals surface area (Å²) in [5.41, 5.74) is 1.10. The average molecular weight is 275 g/mol. The lowest BCUT2D eigenvalue weighted by atomic mass is 10.0. The van der Waals surface area contributed by atoms with Gasteiger partial charge in [-0.05, 0) is 5.56 Å². The normalized spacial score (nSPS) is 17.8. The molecule has 4 heteroatoms. The third-order valence-electron chi connectivity index (χ3n) is 3.41. The summed E-state index contributed by atoms with van der Waals surface area (Å²) >= 11 is 2.04. The molecule has 1 N–H and O–H groups in total. The van der Waals surface area contributed by atoms with Gasteiger partial charge >= 0.3 is 0 Å². The van der Waals surface area contributed by atoms with Gasteiger partial charge in [0.1, 0.15) is 0 Å². The first kappa shape index (κ1) is 14.4. The van der Waals surface area contributed by atoms with Gasteiger partial charge in [-0.15, -0.1) is 0 Å². The van der Waals surface area contributed by atoms with E-state index in [2.05, 4.69) is 16.3 Å². The summed E-state index contributed by atoms with van der Waals surface area (Å²) < 4.78 is 0. The van der Waals surface area contributed by atoms with Crippen LogP contribution in [0.3, 0.4) is 0 Å². The first-order valence-electron chi connectivity index (χ1n) is 6.85. The van der Waals surface area contributed by atoms with Gasteiger partial charge in [0.2, 0.25) is 0 Å². The van der Waals surface area contributed by atoms with Crippen LogP contribution < -0.4 is 5.32 Å². The molecule has 1 saturated heterocycles. The highest BCUT2D eigenvalue weighted by Crippen LogP contribution is 2.13. The van der Waals surface area contributed by atoms with Crippen molar-refractivity contribution in [1.29, 1.82) is 5.26 Å². The molecule has 3 nitrogen and oxygen atoms in total. The number of benzene rings is 1. The Morgan fingerprint density at radius 2 is 2.00 bits per heavy atom. The van der Waals surface area contributed by atoms with Gasteiger partial charge in [-0.1, -0.05) is 30.3 Å². The van der Waals surface area contributed by atoms with Gasteiger partial charge in [-0.25, -0.2) is 0 Å². The Kier molecular flexibility index (Phi) is 6.22. The molecule has 1 aromatic rings. The van der Waals surface area contributed by atoms with Crippen molar-refractivity contribution in [3.05, 3.63) is 35.9 Å². The van der Waals surface area contributed by atoms with Gasteiger partial charge < -0.3 is 10.2 Å². The summed E-state index contributed by atoms with van der Waals surface area (Å²) in [5.74, 6) is 2.47. The maximum atomic E-state index is 9.22. The topological polar surface area (TPSA) is 39.1 Å². The van der Waals surface area contributed by atoms with Crippen LogP contribution in [-0.2, 0) is 0 Å². The highest BCUT2D eigenvalue weighted by Gasteiger charge is 2.11. The fourth-order valence-corrected chi connectivity index (χ4v) is 3.21. The lowest BCUT2D eigenvalue weighted by Gasteiger charge is -2.26. The van der Waals surface area contributed by atoms with Gasteiger partial charge in [0.25, 0.3) is 0 Å². The third kappa shape index (κ3) is 4.87. The molecular weight excluding hydrogens is 254 g/mol. The summed E-state index contributed by atoms with van der Waals surface area (Å²) in [6, 6.07) is 12.4. The predicted molar refractivity (Wildman–Crippen MR) is 81.4 cm³/mol. The third-order valence-corrected chi connectivity index (χ3v) is 4.36. The molecule has 0 aromatic heterocycles. The first-order chi connectivity index (χ1) is 9.40. The van der Waals surface area contributed by atoms with E-state index in [1.165, 1.54) is 24.6 Å². The summed E-state index contributed by atoms with van der Waals surface area (Å²) in [4.78, 5) is 2.49. The molecule has 0 aliphatic carbocycles. The first-order valence-corrected chi connectivity index (χ1v) is 8.01. The molecule has 2 rings (SSSR count). The number of hydrogen-bond acceptors (Lipinski definition) is 4. The maximum absolute atomic E-state index is 9.22. The van der Waals surface area contributed by atoms with Crippen LogP contribution in [0.15, 0.2) is 30.3 Å². The molecule has 1 aromatic carbocycles. The second kappa shape index (κ2) is 8.21. The van der Waals surface area contributed by atoms with Gasteiger partial charge in [0.05, 0.1) is 12.0 Å². The minimum absolute atomic E-state index is 0.0434. The van der Waals surface area contributed by atoms with Gasteiger partial charge in [0, 0.05) is 44.2 Å². The van der Waals surface area contributed by atoms with Crippen molar-refractivity contribution in [1.82, 2.24) is 10.2 Å². The van der Waals surface area contributed by atoms with Crippen LogP contribution in [0, 0.1) is 11.3 Å². The van der Waals surface area contributed by atoms with Crippen LogP contribution in [0.1, 0.15) is 11.5 Å². The molecule has 1 aliphatic heterocycles. The van der Waals surface area contributed by atoms with Crippen molar-refractivity contribution in [2.45, 2.75) is 5.92 Å². The van der Waals surface area contributed by atoms with E-state index in [0.717, 1.165) is 25.2 Å². The van der Waals surface area contributed by atoms with Crippen molar-refractivity contribution in [2.75, 3.05) is 44.2 Å². The molecule has 0 amide bonds. The Balaban J connectivity index is 1.68. The minimum Gasteiger partial charge on any atom is -0.314 e. The highest BCUT2D eigenvalue weighted by molar-refractivity contribution is 7.99. The summed E-state index contributed by atoms with van der Waals surface area (Å²) in [7, 11) is 0. The van der Waals surface area contributed by atoms with E-state index in [1.807, 2.05) is 42.1 Å². The number of rotatable bonds is 6. The summed E-state index contributed by atoms with van der Waals surface area (Å²) in [6.45, 7) is 5.20. The average Bonchev–Trinajstić information content (AvgIpc) is 2.49. The van der Waals surface area contributed by atoms with Crippen molar-refractivity contribution >= 4 is 11.8 Å². The fraction of sp³-hybridized carbons (Fsp3) is 0.533. The van der Waals surface area contributed by atoms with Crippen molar-refractivity contribution in [3.63, 3.8) is 0 Å². The zero-order valence-corrected chi connectivity index (χ0v) is 12.0. The van der Waals surface area contributed by atoms with Gasteiger partial charge in [0.15, 0.2) is 0 Å². The van der Waals surface area contributed by atoms with Crippen LogP contribution in [-0.4, -0.2) is 49.1 Å². The van der Waals surface area contributed by atoms with Gasteiger partial charge in [-0.3, -0.25) is 0 Å². The molecule has 1 fully saturated rings. The number of nitrogens with one attached hydrogen (secondary N) is 1. The number of nitrogens with zero attached hydrogens (tertiary/aromatic N) is 2. The molecule has 1 unspecified atom stereocenters. The van der Waals surface area contributed by atoms with E-state index in [9.17, 15) is 5.26 Å². The highest BCUT2D eigenvalue weighted by atomic mass is 32.2. The van der Waals surface area contributed by atoms with Crippen molar-refractivity contribution in [3.8, 4) is 6.07 Å². The zero-order valence-electron chi connectivity index (χ0n) is 11.2. The molecule has 0 spiro atoms. The predicted octanol–water partition coefficient (Wildman–Crippen LogP) is 1.93. The summed E-state index contributed by atoms with van der Waals surface area (Å²) in [6.07, 6.45) is 0. The number of hydrogen-bond donors (Lipinski definition) is 1. The maximum Gasteiger partial charge on any atom is 0.0837 e. The Hall–Kier alpha value is -1.02. The summed E-state index contributed by atoms with van der Waals surface area (Å²) in [5, 5.41) is 12.6. The molecule has 0 saturated carbocycles. The lowest BCUT2D eigenvalue weighted by molar-refractivity contribution is 0.301. The molecule has 0 radical (unpaired) electrons. The molecule has 102 valence electrons. The van der Waals surface area contributed by atoms with E-state index in [0.29, 0.717) is 0 Å². The quantitative estimate of drug-likeness (QED) is 0.805. The Labute approximate surface area is 120 Å². The van der Waals surface area contributed by atoms with Crippen molar-refractivity contribution < 1.29 is 0 Å². The zero-order chi connectivity index (χ0) is 13.3. The van der Waals surface area contributed by atoms with Crippen LogP contribution in [0.5, 0.6) is 0 Å². The second-order valence-corrected chi connectivity index (χ2v) is 5.98. The van der Waals surface area contributed by atoms with E-state index in [-0.39, 0.29) is 5.92 Å². The molecule has 0 bridgehead atoms. The Bertz CT molecular complexity index is 396. The van der Waals surface area contributed by atoms with E-state index in [4.69, 9.17) is 0 Å². The Morgan fingerprint density at radius 1 is 1.26 bits per heavy atom. The van der Waals surface area contributed by atoms with Crippen LogP contribution >= 0.6 is 11.8 Å². The monoisotopic (exact) mass is 275 g/mol. The minimum atomic E-state index is -0.0434. The fourth-order valence-electron chi connectivity index (χ4n) is 2.23. The molecular formula is C15H21N3S. The number of thioether (sulfide) groups is 1. The van der Waals surface area contributed by atoms with E-state index < -0.39 is 0 Å². The second-order valence-electron chi connectivity index (χ2n) is 4.75. The van der Waals surface area contributed by atoms with Crippen LogP contribution in [0.25, 0.3) is 0 Å². The smallest absolute Gasteiger partial charge is 0.0837 e. The SMILES string of the molecule is N#CC(CNCCN1CCSCC1)c1ccccc1. The molecule has 1 atom stereocenters. The number of nitriles is 1. The van der Waals surface area contributed by atoms with Crippen molar-refractivity contribution in [2.24, 2.45) is 0 Å².